The summed E-state index contributed by atoms with van der Waals surface area (Å²) in [5.74, 6) is 0.917. The fourth-order valence-electron chi connectivity index (χ4n) is 3.21. The Morgan fingerprint density at radius 3 is 2.33 bits per heavy atom. The molecule has 0 aliphatic rings. The molecule has 174 valence electrons. The summed E-state index contributed by atoms with van der Waals surface area (Å²) in [5.41, 5.74) is 2.43. The van der Waals surface area contributed by atoms with E-state index in [2.05, 4.69) is 10.0 Å². The van der Waals surface area contributed by atoms with Gasteiger partial charge in [0.05, 0.1) is 18.0 Å². The van der Waals surface area contributed by atoms with Crippen molar-refractivity contribution in [2.24, 2.45) is 0 Å². The second-order valence-corrected chi connectivity index (χ2v) is 9.36. The molecule has 33 heavy (non-hydrogen) atoms. The Kier molecular flexibility index (Phi) is 8.08. The Bertz CT molecular complexity index is 1180. The normalized spacial score (nSPS) is 12.1. The van der Waals surface area contributed by atoms with Gasteiger partial charge in [0.1, 0.15) is 11.5 Å². The predicted octanol–water partition coefficient (Wildman–Crippen LogP) is 3.74. The van der Waals surface area contributed by atoms with Gasteiger partial charge in [0.25, 0.3) is 5.91 Å². The van der Waals surface area contributed by atoms with Crippen molar-refractivity contribution in [3.8, 4) is 11.5 Å². The maximum atomic E-state index is 12.6. The molecule has 0 aliphatic carbocycles. The zero-order valence-corrected chi connectivity index (χ0v) is 19.7. The van der Waals surface area contributed by atoms with Gasteiger partial charge in [-0.05, 0) is 60.9 Å². The van der Waals surface area contributed by atoms with Gasteiger partial charge >= 0.3 is 0 Å². The van der Waals surface area contributed by atoms with Crippen LogP contribution in [0.5, 0.6) is 11.5 Å². The molecule has 0 saturated carbocycles. The molecule has 0 unspecified atom stereocenters. The average Bonchev–Trinajstić information content (AvgIpc) is 2.82. The number of nitrogens with one attached hydrogen (secondary N) is 2. The van der Waals surface area contributed by atoms with Gasteiger partial charge in [0.15, 0.2) is 6.61 Å². The van der Waals surface area contributed by atoms with E-state index >= 15 is 0 Å². The lowest BCUT2D eigenvalue weighted by atomic mass is 10.1. The van der Waals surface area contributed by atoms with Crippen LogP contribution in [0.15, 0.2) is 77.7 Å². The number of hydrogen-bond donors (Lipinski definition) is 2. The van der Waals surface area contributed by atoms with E-state index in [1.807, 2.05) is 61.5 Å². The molecule has 3 aromatic carbocycles. The van der Waals surface area contributed by atoms with Crippen molar-refractivity contribution >= 4 is 15.9 Å². The summed E-state index contributed by atoms with van der Waals surface area (Å²) in [6.45, 7) is 3.64. The van der Waals surface area contributed by atoms with Crippen LogP contribution in [0.1, 0.15) is 29.7 Å². The zero-order chi connectivity index (χ0) is 23.8. The highest BCUT2D eigenvalue weighted by molar-refractivity contribution is 7.89. The van der Waals surface area contributed by atoms with Gasteiger partial charge in [-0.1, -0.05) is 42.5 Å². The summed E-state index contributed by atoms with van der Waals surface area (Å²) >= 11 is 0. The van der Waals surface area contributed by atoms with E-state index in [1.54, 1.807) is 20.1 Å². The molecule has 7 nitrogen and oxygen atoms in total. The highest BCUT2D eigenvalue weighted by Gasteiger charge is 2.16. The molecule has 0 saturated heterocycles. The van der Waals surface area contributed by atoms with Crippen molar-refractivity contribution in [3.63, 3.8) is 0 Å². The highest BCUT2D eigenvalue weighted by Crippen LogP contribution is 2.22. The van der Waals surface area contributed by atoms with E-state index in [4.69, 9.17) is 9.47 Å². The maximum Gasteiger partial charge on any atom is 0.258 e. The maximum absolute atomic E-state index is 12.6. The van der Waals surface area contributed by atoms with Crippen molar-refractivity contribution in [1.29, 1.82) is 0 Å². The summed E-state index contributed by atoms with van der Waals surface area (Å²) in [5, 5.41) is 2.88. The van der Waals surface area contributed by atoms with Crippen LogP contribution in [0.2, 0.25) is 0 Å². The SMILES string of the molecule is COc1ccc([C@H](C)NC(=O)COc2ccc(S(=O)(=O)NCc3ccccc3)cc2C)cc1. The molecule has 2 N–H and O–H groups in total. The van der Waals surface area contributed by atoms with Crippen LogP contribution in [-0.4, -0.2) is 28.0 Å². The summed E-state index contributed by atoms with van der Waals surface area (Å²) in [6.07, 6.45) is 0. The second kappa shape index (κ2) is 11.0. The molecule has 0 heterocycles. The summed E-state index contributed by atoms with van der Waals surface area (Å²) in [7, 11) is -2.07. The van der Waals surface area contributed by atoms with Gasteiger partial charge in [-0.3, -0.25) is 4.79 Å². The fraction of sp³-hybridized carbons (Fsp3) is 0.240. The van der Waals surface area contributed by atoms with E-state index in [0.717, 1.165) is 16.9 Å². The van der Waals surface area contributed by atoms with E-state index < -0.39 is 10.0 Å². The van der Waals surface area contributed by atoms with Crippen LogP contribution in [0, 0.1) is 6.92 Å². The van der Waals surface area contributed by atoms with E-state index in [-0.39, 0.29) is 30.0 Å². The van der Waals surface area contributed by atoms with E-state index in [0.29, 0.717) is 11.3 Å². The Morgan fingerprint density at radius 2 is 1.70 bits per heavy atom. The lowest BCUT2D eigenvalue weighted by Gasteiger charge is -2.16. The molecule has 3 aromatic rings. The third-order valence-electron chi connectivity index (χ3n) is 5.12. The van der Waals surface area contributed by atoms with Crippen LogP contribution >= 0.6 is 0 Å². The third kappa shape index (κ3) is 6.81. The molecule has 0 aliphatic heterocycles. The molecule has 1 atom stereocenters. The van der Waals surface area contributed by atoms with Crippen molar-refractivity contribution in [2.75, 3.05) is 13.7 Å². The molecular formula is C25H28N2O5S. The van der Waals surface area contributed by atoms with Crippen LogP contribution in [0.3, 0.4) is 0 Å². The summed E-state index contributed by atoms with van der Waals surface area (Å²) < 4.78 is 38.6. The molecule has 3 rings (SSSR count). The molecule has 0 fully saturated rings. The fourth-order valence-corrected chi connectivity index (χ4v) is 4.31. The monoisotopic (exact) mass is 468 g/mol. The lowest BCUT2D eigenvalue weighted by Crippen LogP contribution is -2.31. The minimum Gasteiger partial charge on any atom is -0.497 e. The molecule has 0 aromatic heterocycles. The first-order chi connectivity index (χ1) is 15.8. The number of benzene rings is 3. The molecule has 0 bridgehead atoms. The number of rotatable bonds is 10. The first-order valence-electron chi connectivity index (χ1n) is 10.5. The topological polar surface area (TPSA) is 93.7 Å². The van der Waals surface area contributed by atoms with Gasteiger partial charge in [0.2, 0.25) is 10.0 Å². The summed E-state index contributed by atoms with van der Waals surface area (Å²) in [6, 6.07) is 21.1. The molecule has 1 amide bonds. The van der Waals surface area contributed by atoms with Crippen molar-refractivity contribution in [1.82, 2.24) is 10.0 Å². The molecule has 0 spiro atoms. The van der Waals surface area contributed by atoms with Gasteiger partial charge in [-0.25, -0.2) is 13.1 Å². The van der Waals surface area contributed by atoms with Crippen molar-refractivity contribution in [3.05, 3.63) is 89.5 Å². The minimum absolute atomic E-state index is 0.140. The third-order valence-corrected chi connectivity index (χ3v) is 6.52. The van der Waals surface area contributed by atoms with Crippen molar-refractivity contribution < 1.29 is 22.7 Å². The smallest absolute Gasteiger partial charge is 0.258 e. The molecule has 8 heteroatoms. The first-order valence-corrected chi connectivity index (χ1v) is 12.0. The zero-order valence-electron chi connectivity index (χ0n) is 18.9. The van der Waals surface area contributed by atoms with Gasteiger partial charge in [-0.2, -0.15) is 0 Å². The number of amides is 1. The van der Waals surface area contributed by atoms with Crippen LogP contribution in [0.4, 0.5) is 0 Å². The largest absolute Gasteiger partial charge is 0.497 e. The Labute approximate surface area is 194 Å². The highest BCUT2D eigenvalue weighted by atomic mass is 32.2. The number of hydrogen-bond acceptors (Lipinski definition) is 5. The Hall–Kier alpha value is -3.36. The summed E-state index contributed by atoms with van der Waals surface area (Å²) in [4.78, 5) is 12.5. The lowest BCUT2D eigenvalue weighted by molar-refractivity contribution is -0.123. The standard InChI is InChI=1S/C25H28N2O5S/c1-18-15-23(33(29,30)26-16-20-7-5-4-6-8-20)13-14-24(18)32-17-25(28)27-19(2)21-9-11-22(31-3)12-10-21/h4-15,19,26H,16-17H2,1-3H3,(H,27,28)/t19-/m0/s1. The van der Waals surface area contributed by atoms with Crippen LogP contribution in [-0.2, 0) is 21.4 Å². The first kappa shape index (κ1) is 24.3. The molecular weight excluding hydrogens is 440 g/mol. The Balaban J connectivity index is 1.55. The number of carbonyl (C=O) groups excluding carboxylic acids is 1. The number of methoxy groups -OCH3 is 1. The number of ether oxygens (including phenoxy) is 2. The van der Waals surface area contributed by atoms with Gasteiger partial charge < -0.3 is 14.8 Å². The predicted molar refractivity (Wildman–Crippen MR) is 127 cm³/mol. The average molecular weight is 469 g/mol. The number of sulfonamides is 1. The minimum atomic E-state index is -3.67. The Morgan fingerprint density at radius 1 is 1.00 bits per heavy atom. The quantitative estimate of drug-likeness (QED) is 0.473. The van der Waals surface area contributed by atoms with E-state index in [9.17, 15) is 13.2 Å². The van der Waals surface area contributed by atoms with Crippen molar-refractivity contribution in [2.45, 2.75) is 31.3 Å². The molecule has 0 radical (unpaired) electrons. The van der Waals surface area contributed by atoms with Crippen LogP contribution < -0.4 is 19.5 Å². The van der Waals surface area contributed by atoms with E-state index in [1.165, 1.54) is 12.1 Å². The number of aryl methyl sites for hydroxylation is 1. The second-order valence-electron chi connectivity index (χ2n) is 7.59. The van der Waals surface area contributed by atoms with Gasteiger partial charge in [-0.15, -0.1) is 0 Å². The number of carbonyl (C=O) groups is 1. The van der Waals surface area contributed by atoms with Gasteiger partial charge in [0, 0.05) is 6.54 Å². The van der Waals surface area contributed by atoms with Crippen LogP contribution in [0.25, 0.3) is 0 Å².